The minimum absolute atomic E-state index is 0.0821. The Labute approximate surface area is 227 Å². The molecule has 0 aliphatic carbocycles. The first kappa shape index (κ1) is 25.9. The second-order valence-corrected chi connectivity index (χ2v) is 10.6. The van der Waals surface area contributed by atoms with Gasteiger partial charge in [-0.1, -0.05) is 58.2 Å². The highest BCUT2D eigenvalue weighted by atomic mass is 19.1. The third-order valence-electron chi connectivity index (χ3n) is 6.66. The summed E-state index contributed by atoms with van der Waals surface area (Å²) in [7, 11) is 0. The number of anilines is 1. The van der Waals surface area contributed by atoms with Crippen LogP contribution in [-0.2, 0) is 0 Å². The number of pyridine rings is 2. The van der Waals surface area contributed by atoms with Gasteiger partial charge in [-0.3, -0.25) is 15.1 Å². The van der Waals surface area contributed by atoms with Gasteiger partial charge in [0.25, 0.3) is 0 Å². The van der Waals surface area contributed by atoms with E-state index in [1.54, 1.807) is 30.7 Å². The summed E-state index contributed by atoms with van der Waals surface area (Å²) in [6, 6.07) is 12.6. The second-order valence-electron chi connectivity index (χ2n) is 10.6. The Morgan fingerprint density at radius 3 is 2.64 bits per heavy atom. The number of aromatic amines is 2. The van der Waals surface area contributed by atoms with Crippen LogP contribution in [0.1, 0.15) is 37.6 Å². The minimum atomic E-state index is -0.286. The number of aryl methyl sites for hydroxylation is 1. The molecule has 0 bridgehead atoms. The summed E-state index contributed by atoms with van der Waals surface area (Å²) in [5.41, 5.74) is 9.29. The number of H-pyrrole nitrogens is 2. The van der Waals surface area contributed by atoms with Crippen molar-refractivity contribution in [3.05, 3.63) is 115 Å². The van der Waals surface area contributed by atoms with E-state index in [4.69, 9.17) is 0 Å². The zero-order valence-electron chi connectivity index (χ0n) is 22.6. The average molecular weight is 519 g/mol. The van der Waals surface area contributed by atoms with Gasteiger partial charge in [-0.2, -0.15) is 5.10 Å². The monoisotopic (exact) mass is 518 g/mol. The Bertz CT molecular complexity index is 1730. The standard InChI is InChI=1S/C32H31FN6/c1-7-9-25(21-10-8-11-23(33)12-21)26-14-29(36-19(26)2)31-27-15-28(35-18-30(27)38-39-31)22-13-24(17-34-16-22)37-20(3)32(4,5)6/h7-18,36-37H,1,3H2,2,4-6H3,(H,38,39)/b25-9-. The SMILES string of the molecule is C=C/C=C(/c1cccc(F)c1)c1cc(-c2n[nH]c3cnc(-c4cncc(NC(=C)C(C)(C)C)c4)cc23)[nH]c1C. The number of hydrogen-bond donors (Lipinski definition) is 3. The van der Waals surface area contributed by atoms with Crippen LogP contribution in [0.2, 0.25) is 0 Å². The first-order valence-corrected chi connectivity index (χ1v) is 12.7. The number of nitrogens with one attached hydrogen (secondary N) is 3. The number of fused-ring (bicyclic) bond motifs is 1. The summed E-state index contributed by atoms with van der Waals surface area (Å²) in [4.78, 5) is 12.5. The molecule has 6 nitrogen and oxygen atoms in total. The maximum Gasteiger partial charge on any atom is 0.123 e. The zero-order chi connectivity index (χ0) is 27.7. The highest BCUT2D eigenvalue weighted by molar-refractivity contribution is 5.95. The summed E-state index contributed by atoms with van der Waals surface area (Å²) in [5.74, 6) is -0.286. The predicted molar refractivity (Wildman–Crippen MR) is 158 cm³/mol. The normalized spacial score (nSPS) is 12.1. The Morgan fingerprint density at radius 1 is 1.08 bits per heavy atom. The second kappa shape index (κ2) is 10.2. The van der Waals surface area contributed by atoms with E-state index in [0.29, 0.717) is 0 Å². The van der Waals surface area contributed by atoms with Gasteiger partial charge in [-0.25, -0.2) is 4.39 Å². The lowest BCUT2D eigenvalue weighted by Gasteiger charge is -2.23. The Balaban J connectivity index is 1.53. The van der Waals surface area contributed by atoms with Gasteiger partial charge in [0.15, 0.2) is 0 Å². The molecule has 4 aromatic heterocycles. The van der Waals surface area contributed by atoms with Crippen molar-refractivity contribution in [1.82, 2.24) is 25.1 Å². The maximum atomic E-state index is 14.0. The van der Waals surface area contributed by atoms with Crippen LogP contribution in [0, 0.1) is 18.2 Å². The van der Waals surface area contributed by atoms with Gasteiger partial charge in [-0.05, 0) is 48.4 Å². The molecule has 7 heteroatoms. The lowest BCUT2D eigenvalue weighted by molar-refractivity contribution is 0.509. The molecule has 0 aliphatic heterocycles. The summed E-state index contributed by atoms with van der Waals surface area (Å²) in [5, 5.41) is 12.0. The summed E-state index contributed by atoms with van der Waals surface area (Å²) >= 11 is 0. The van der Waals surface area contributed by atoms with E-state index in [2.05, 4.69) is 64.4 Å². The first-order chi connectivity index (χ1) is 18.6. The van der Waals surface area contributed by atoms with Gasteiger partial charge < -0.3 is 10.3 Å². The number of benzene rings is 1. The van der Waals surface area contributed by atoms with Gasteiger partial charge >= 0.3 is 0 Å². The molecule has 0 amide bonds. The quantitative estimate of drug-likeness (QED) is 0.190. The fraction of sp³-hybridized carbons (Fsp3) is 0.156. The van der Waals surface area contributed by atoms with Crippen molar-refractivity contribution in [2.45, 2.75) is 27.7 Å². The van der Waals surface area contributed by atoms with Gasteiger partial charge in [0, 0.05) is 39.5 Å². The third kappa shape index (κ3) is 5.29. The van der Waals surface area contributed by atoms with Crippen molar-refractivity contribution in [3.63, 3.8) is 0 Å². The highest BCUT2D eigenvalue weighted by Gasteiger charge is 2.18. The van der Waals surface area contributed by atoms with Crippen molar-refractivity contribution in [3.8, 4) is 22.6 Å². The molecule has 0 fully saturated rings. The van der Waals surface area contributed by atoms with Crippen LogP contribution in [0.15, 0.2) is 92.1 Å². The van der Waals surface area contributed by atoms with Crippen LogP contribution in [0.5, 0.6) is 0 Å². The zero-order valence-corrected chi connectivity index (χ0v) is 22.6. The molecule has 5 rings (SSSR count). The van der Waals surface area contributed by atoms with Gasteiger partial charge in [0.2, 0.25) is 0 Å². The first-order valence-electron chi connectivity index (χ1n) is 12.7. The number of allylic oxidation sites excluding steroid dienone is 3. The van der Waals surface area contributed by atoms with Crippen molar-refractivity contribution < 1.29 is 4.39 Å². The lowest BCUT2D eigenvalue weighted by Crippen LogP contribution is -2.15. The molecule has 0 aliphatic rings. The van der Waals surface area contributed by atoms with Crippen LogP contribution in [0.25, 0.3) is 39.1 Å². The smallest absolute Gasteiger partial charge is 0.123 e. The molecule has 0 saturated carbocycles. The lowest BCUT2D eigenvalue weighted by atomic mass is 9.93. The molecule has 0 spiro atoms. The van der Waals surface area contributed by atoms with Crippen LogP contribution in [0.4, 0.5) is 10.1 Å². The summed E-state index contributed by atoms with van der Waals surface area (Å²) < 4.78 is 14.0. The van der Waals surface area contributed by atoms with Crippen molar-refractivity contribution in [1.29, 1.82) is 0 Å². The number of hydrogen-bond acceptors (Lipinski definition) is 4. The van der Waals surface area contributed by atoms with Crippen LogP contribution in [0.3, 0.4) is 0 Å². The molecular weight excluding hydrogens is 487 g/mol. The summed E-state index contributed by atoms with van der Waals surface area (Å²) in [6.45, 7) is 16.3. The average Bonchev–Trinajstić information content (AvgIpc) is 3.49. The van der Waals surface area contributed by atoms with Crippen LogP contribution < -0.4 is 5.32 Å². The fourth-order valence-electron chi connectivity index (χ4n) is 4.37. The van der Waals surface area contributed by atoms with E-state index in [0.717, 1.165) is 67.3 Å². The number of nitrogens with zero attached hydrogens (tertiary/aromatic N) is 3. The van der Waals surface area contributed by atoms with Crippen molar-refractivity contribution >= 4 is 22.2 Å². The molecule has 0 saturated heterocycles. The van der Waals surface area contributed by atoms with Crippen LogP contribution >= 0.6 is 0 Å². The van der Waals surface area contributed by atoms with E-state index in [1.165, 1.54) is 12.1 Å². The number of aromatic nitrogens is 5. The topological polar surface area (TPSA) is 82.3 Å². The summed E-state index contributed by atoms with van der Waals surface area (Å²) in [6.07, 6.45) is 8.95. The molecule has 1 aromatic carbocycles. The van der Waals surface area contributed by atoms with Crippen LogP contribution in [-0.4, -0.2) is 25.1 Å². The van der Waals surface area contributed by atoms with E-state index in [9.17, 15) is 4.39 Å². The molecule has 5 aromatic rings. The van der Waals surface area contributed by atoms with E-state index < -0.39 is 0 Å². The molecule has 3 N–H and O–H groups in total. The number of rotatable bonds is 7. The Morgan fingerprint density at radius 2 is 1.90 bits per heavy atom. The predicted octanol–water partition coefficient (Wildman–Crippen LogP) is 8.05. The Hall–Kier alpha value is -4.78. The molecule has 39 heavy (non-hydrogen) atoms. The van der Waals surface area contributed by atoms with E-state index in [-0.39, 0.29) is 11.2 Å². The van der Waals surface area contributed by atoms with Gasteiger partial charge in [0.05, 0.1) is 35.0 Å². The third-order valence-corrected chi connectivity index (χ3v) is 6.66. The molecule has 4 heterocycles. The maximum absolute atomic E-state index is 14.0. The number of halogens is 1. The minimum Gasteiger partial charge on any atom is -0.358 e. The fourth-order valence-corrected chi connectivity index (χ4v) is 4.37. The highest BCUT2D eigenvalue weighted by Crippen LogP contribution is 2.34. The molecule has 0 atom stereocenters. The molecule has 196 valence electrons. The largest absolute Gasteiger partial charge is 0.358 e. The molecular formula is C32H31FN6. The van der Waals surface area contributed by atoms with Crippen molar-refractivity contribution in [2.75, 3.05) is 5.32 Å². The van der Waals surface area contributed by atoms with Crippen molar-refractivity contribution in [2.24, 2.45) is 5.41 Å². The van der Waals surface area contributed by atoms with E-state index in [1.807, 2.05) is 37.3 Å². The molecule has 0 radical (unpaired) electrons. The molecule has 0 unspecified atom stereocenters. The Kier molecular flexibility index (Phi) is 6.74. The van der Waals surface area contributed by atoms with Gasteiger partial charge in [0.1, 0.15) is 11.5 Å². The van der Waals surface area contributed by atoms with E-state index >= 15 is 0 Å². The van der Waals surface area contributed by atoms with Gasteiger partial charge in [-0.15, -0.1) is 0 Å².